The summed E-state index contributed by atoms with van der Waals surface area (Å²) in [6.07, 6.45) is 3.72. The molecule has 1 aromatic carbocycles. The number of carbonyl (C=O) groups is 1. The predicted molar refractivity (Wildman–Crippen MR) is 98.1 cm³/mol. The summed E-state index contributed by atoms with van der Waals surface area (Å²) in [6, 6.07) is 14.2. The molecular formula is C19H16ClN3O3. The molecule has 0 aliphatic carbocycles. The van der Waals surface area contributed by atoms with Gasteiger partial charge in [-0.25, -0.2) is 5.01 Å². The first-order chi connectivity index (χ1) is 12.7. The number of hydrogen-bond acceptors (Lipinski definition) is 5. The predicted octanol–water partition coefficient (Wildman–Crippen LogP) is 4.32. The zero-order valence-electron chi connectivity index (χ0n) is 13.8. The van der Waals surface area contributed by atoms with E-state index in [2.05, 4.69) is 10.4 Å². The summed E-state index contributed by atoms with van der Waals surface area (Å²) in [4.78, 5) is 12.8. The first-order valence-electron chi connectivity index (χ1n) is 8.17. The van der Waals surface area contributed by atoms with Crippen molar-refractivity contribution >= 4 is 28.9 Å². The van der Waals surface area contributed by atoms with Gasteiger partial charge in [-0.3, -0.25) is 4.79 Å². The van der Waals surface area contributed by atoms with Crippen LogP contribution in [0.4, 0.5) is 5.69 Å². The quantitative estimate of drug-likeness (QED) is 0.727. The number of rotatable bonds is 5. The number of furan rings is 2. The Kier molecular flexibility index (Phi) is 4.50. The lowest BCUT2D eigenvalue weighted by Crippen LogP contribution is -2.32. The summed E-state index contributed by atoms with van der Waals surface area (Å²) in [5.41, 5.74) is 1.53. The van der Waals surface area contributed by atoms with Gasteiger partial charge in [0.15, 0.2) is 0 Å². The molecule has 2 aromatic heterocycles. The number of hydrogen-bond donors (Lipinski definition) is 1. The molecule has 4 rings (SSSR count). The molecule has 1 amide bonds. The summed E-state index contributed by atoms with van der Waals surface area (Å²) in [7, 11) is 0. The molecule has 0 spiro atoms. The van der Waals surface area contributed by atoms with Gasteiger partial charge in [0.25, 0.3) is 5.91 Å². The Balaban J connectivity index is 1.52. The van der Waals surface area contributed by atoms with E-state index in [9.17, 15) is 4.79 Å². The lowest BCUT2D eigenvalue weighted by molar-refractivity contribution is -0.131. The zero-order chi connectivity index (χ0) is 17.9. The van der Waals surface area contributed by atoms with Crippen molar-refractivity contribution in [1.29, 1.82) is 0 Å². The van der Waals surface area contributed by atoms with Crippen LogP contribution in [0.15, 0.2) is 75.0 Å². The number of benzene rings is 1. The summed E-state index contributed by atoms with van der Waals surface area (Å²) in [6.45, 7) is 0.105. The molecule has 0 unspecified atom stereocenters. The van der Waals surface area contributed by atoms with Crippen molar-refractivity contribution in [1.82, 2.24) is 5.01 Å². The number of carbonyl (C=O) groups excluding carboxylic acids is 1. The van der Waals surface area contributed by atoms with Gasteiger partial charge in [-0.2, -0.15) is 5.10 Å². The van der Waals surface area contributed by atoms with Gasteiger partial charge in [0.2, 0.25) is 0 Å². The minimum absolute atomic E-state index is 0.105. The Labute approximate surface area is 155 Å². The van der Waals surface area contributed by atoms with E-state index in [4.69, 9.17) is 20.4 Å². The second kappa shape index (κ2) is 7.09. The van der Waals surface area contributed by atoms with Gasteiger partial charge in [-0.1, -0.05) is 11.6 Å². The van der Waals surface area contributed by atoms with Crippen molar-refractivity contribution in [2.75, 3.05) is 11.9 Å². The van der Waals surface area contributed by atoms with Crippen LogP contribution >= 0.6 is 11.6 Å². The summed E-state index contributed by atoms with van der Waals surface area (Å²) < 4.78 is 10.9. The van der Waals surface area contributed by atoms with Crippen LogP contribution in [0.2, 0.25) is 5.02 Å². The number of amides is 1. The first kappa shape index (κ1) is 16.5. The van der Waals surface area contributed by atoms with Gasteiger partial charge in [-0.15, -0.1) is 0 Å². The van der Waals surface area contributed by atoms with E-state index in [1.807, 2.05) is 24.3 Å². The molecular weight excluding hydrogens is 354 g/mol. The van der Waals surface area contributed by atoms with Gasteiger partial charge in [0.05, 0.1) is 19.1 Å². The highest BCUT2D eigenvalue weighted by atomic mass is 35.5. The van der Waals surface area contributed by atoms with E-state index < -0.39 is 0 Å². The third kappa shape index (κ3) is 3.36. The number of halogens is 1. The zero-order valence-corrected chi connectivity index (χ0v) is 14.5. The Morgan fingerprint density at radius 3 is 2.62 bits per heavy atom. The van der Waals surface area contributed by atoms with Crippen LogP contribution in [0.3, 0.4) is 0 Å². The molecule has 7 heteroatoms. The van der Waals surface area contributed by atoms with Gasteiger partial charge in [0.1, 0.15) is 23.3 Å². The fraction of sp³-hybridized carbons (Fsp3) is 0.158. The minimum Gasteiger partial charge on any atom is -0.467 e. The molecule has 26 heavy (non-hydrogen) atoms. The normalized spacial score (nSPS) is 16.6. The lowest BCUT2D eigenvalue weighted by Gasteiger charge is -2.20. The van der Waals surface area contributed by atoms with Gasteiger partial charge >= 0.3 is 0 Å². The second-order valence-electron chi connectivity index (χ2n) is 5.86. The van der Waals surface area contributed by atoms with Crippen molar-refractivity contribution < 1.29 is 13.6 Å². The fourth-order valence-corrected chi connectivity index (χ4v) is 2.99. The summed E-state index contributed by atoms with van der Waals surface area (Å²) >= 11 is 5.88. The lowest BCUT2D eigenvalue weighted by atomic mass is 10.1. The molecule has 132 valence electrons. The van der Waals surface area contributed by atoms with E-state index in [-0.39, 0.29) is 18.5 Å². The highest BCUT2D eigenvalue weighted by Crippen LogP contribution is 2.33. The topological polar surface area (TPSA) is 71.0 Å². The van der Waals surface area contributed by atoms with Crippen LogP contribution in [0.1, 0.15) is 24.0 Å². The highest BCUT2D eigenvalue weighted by molar-refractivity contribution is 6.30. The van der Waals surface area contributed by atoms with Crippen molar-refractivity contribution in [2.45, 2.75) is 12.5 Å². The van der Waals surface area contributed by atoms with Crippen LogP contribution in [-0.2, 0) is 4.79 Å². The number of nitrogens with one attached hydrogen (secondary N) is 1. The third-order valence-electron chi connectivity index (χ3n) is 4.13. The Hall–Kier alpha value is -2.99. The monoisotopic (exact) mass is 369 g/mol. The maximum Gasteiger partial charge on any atom is 0.262 e. The van der Waals surface area contributed by atoms with Crippen LogP contribution in [0.5, 0.6) is 0 Å². The van der Waals surface area contributed by atoms with Crippen molar-refractivity contribution in [2.24, 2.45) is 5.10 Å². The maximum absolute atomic E-state index is 12.8. The molecule has 1 N–H and O–H groups in total. The maximum atomic E-state index is 12.8. The van der Waals surface area contributed by atoms with E-state index in [1.165, 1.54) is 5.01 Å². The molecule has 1 aliphatic rings. The van der Waals surface area contributed by atoms with Crippen molar-refractivity contribution in [3.05, 3.63) is 77.6 Å². The van der Waals surface area contributed by atoms with Crippen LogP contribution in [0.25, 0.3) is 0 Å². The van der Waals surface area contributed by atoms with E-state index in [0.717, 1.165) is 11.4 Å². The van der Waals surface area contributed by atoms with Crippen molar-refractivity contribution in [3.8, 4) is 0 Å². The molecule has 0 saturated heterocycles. The van der Waals surface area contributed by atoms with Crippen molar-refractivity contribution in [3.63, 3.8) is 0 Å². The molecule has 0 radical (unpaired) electrons. The summed E-state index contributed by atoms with van der Waals surface area (Å²) in [5, 5.41) is 9.67. The second-order valence-corrected chi connectivity index (χ2v) is 6.29. The molecule has 0 bridgehead atoms. The summed E-state index contributed by atoms with van der Waals surface area (Å²) in [5.74, 6) is 1.18. The third-order valence-corrected chi connectivity index (χ3v) is 4.38. The van der Waals surface area contributed by atoms with E-state index in [1.54, 1.807) is 36.8 Å². The molecule has 1 atom stereocenters. The first-order valence-corrected chi connectivity index (χ1v) is 8.55. The van der Waals surface area contributed by atoms with Gasteiger partial charge in [-0.05, 0) is 48.5 Å². The number of hydrazone groups is 1. The largest absolute Gasteiger partial charge is 0.467 e. The van der Waals surface area contributed by atoms with Crippen LogP contribution in [-0.4, -0.2) is 23.2 Å². The standard InChI is InChI=1S/C19H16ClN3O3/c20-13-5-7-14(8-6-13)21-12-19(24)23-16(18-4-2-10-26-18)11-15(22-23)17-3-1-9-25-17/h1-10,16,21H,11-12H2/t16-/m0/s1. The van der Waals surface area contributed by atoms with Gasteiger partial charge in [0, 0.05) is 17.1 Å². The van der Waals surface area contributed by atoms with E-state index in [0.29, 0.717) is 23.0 Å². The fourth-order valence-electron chi connectivity index (χ4n) is 2.86. The molecule has 0 fully saturated rings. The minimum atomic E-state index is -0.287. The molecule has 3 heterocycles. The SMILES string of the molecule is O=C(CNc1ccc(Cl)cc1)N1N=C(c2ccco2)C[C@H]1c1ccco1. The van der Waals surface area contributed by atoms with E-state index >= 15 is 0 Å². The highest BCUT2D eigenvalue weighted by Gasteiger charge is 2.35. The Morgan fingerprint density at radius 2 is 1.92 bits per heavy atom. The smallest absolute Gasteiger partial charge is 0.262 e. The molecule has 1 aliphatic heterocycles. The van der Waals surface area contributed by atoms with Crippen LogP contribution in [0, 0.1) is 0 Å². The molecule has 6 nitrogen and oxygen atoms in total. The van der Waals surface area contributed by atoms with Gasteiger partial charge < -0.3 is 14.2 Å². The Morgan fingerprint density at radius 1 is 1.15 bits per heavy atom. The Bertz CT molecular complexity index is 902. The average molecular weight is 370 g/mol. The number of anilines is 1. The van der Waals surface area contributed by atoms with Crippen LogP contribution < -0.4 is 5.32 Å². The molecule has 0 saturated carbocycles. The average Bonchev–Trinajstić information content (AvgIpc) is 3.41. The molecule has 3 aromatic rings. The number of nitrogens with zero attached hydrogens (tertiary/aromatic N) is 2.